The number of para-hydroxylation sites is 1. The molecule has 0 aliphatic rings. The van der Waals surface area contributed by atoms with Gasteiger partial charge in [-0.05, 0) is 18.1 Å². The molecular formula is C11H10N2O2. The Kier molecular flexibility index (Phi) is 2.58. The van der Waals surface area contributed by atoms with E-state index in [4.69, 9.17) is 5.11 Å². The van der Waals surface area contributed by atoms with Crippen molar-refractivity contribution in [1.29, 1.82) is 0 Å². The Hall–Kier alpha value is -1.97. The molecule has 1 N–H and O–H groups in total. The molecule has 0 amide bonds. The van der Waals surface area contributed by atoms with Crippen LogP contribution in [0.1, 0.15) is 12.0 Å². The minimum Gasteiger partial charge on any atom is -0.481 e. The normalized spacial score (nSPS) is 10.4. The van der Waals surface area contributed by atoms with Gasteiger partial charge in [-0.3, -0.25) is 14.8 Å². The zero-order chi connectivity index (χ0) is 10.7. The Morgan fingerprint density at radius 1 is 1.27 bits per heavy atom. The number of aliphatic carboxylic acids is 1. The molecule has 1 aromatic carbocycles. The fourth-order valence-electron chi connectivity index (χ4n) is 1.50. The van der Waals surface area contributed by atoms with Crippen molar-refractivity contribution in [3.05, 3.63) is 36.2 Å². The molecule has 4 heteroatoms. The summed E-state index contributed by atoms with van der Waals surface area (Å²) < 4.78 is 0. The summed E-state index contributed by atoms with van der Waals surface area (Å²) in [6.45, 7) is 0. The van der Waals surface area contributed by atoms with Gasteiger partial charge in [0.05, 0.1) is 11.0 Å². The SMILES string of the molecule is O=C(O)CCc1cccc2nccnc12. The molecule has 0 saturated heterocycles. The maximum atomic E-state index is 10.5. The van der Waals surface area contributed by atoms with E-state index in [-0.39, 0.29) is 6.42 Å². The van der Waals surface area contributed by atoms with Crippen molar-refractivity contribution in [3.8, 4) is 0 Å². The number of nitrogens with zero attached hydrogens (tertiary/aromatic N) is 2. The molecule has 0 atom stereocenters. The van der Waals surface area contributed by atoms with Crippen molar-refractivity contribution in [2.24, 2.45) is 0 Å². The van der Waals surface area contributed by atoms with Crippen molar-refractivity contribution in [1.82, 2.24) is 9.97 Å². The molecule has 0 aliphatic carbocycles. The number of carbonyl (C=O) groups is 1. The van der Waals surface area contributed by atoms with E-state index >= 15 is 0 Å². The van der Waals surface area contributed by atoms with Crippen molar-refractivity contribution in [2.45, 2.75) is 12.8 Å². The van der Waals surface area contributed by atoms with Gasteiger partial charge in [-0.25, -0.2) is 0 Å². The number of aromatic nitrogens is 2. The number of hydrogen-bond donors (Lipinski definition) is 1. The number of aryl methyl sites for hydroxylation is 1. The molecule has 76 valence electrons. The van der Waals surface area contributed by atoms with Gasteiger partial charge in [0.25, 0.3) is 0 Å². The van der Waals surface area contributed by atoms with Gasteiger partial charge in [0.2, 0.25) is 0 Å². The third-order valence-corrected chi connectivity index (χ3v) is 2.19. The first-order valence-corrected chi connectivity index (χ1v) is 4.68. The van der Waals surface area contributed by atoms with E-state index in [2.05, 4.69) is 9.97 Å². The number of carboxylic acids is 1. The van der Waals surface area contributed by atoms with Crippen LogP contribution in [0.3, 0.4) is 0 Å². The quantitative estimate of drug-likeness (QED) is 0.821. The standard InChI is InChI=1S/C11H10N2O2/c14-10(15)5-4-8-2-1-3-9-11(8)13-7-6-12-9/h1-3,6-7H,4-5H2,(H,14,15). The predicted octanol–water partition coefficient (Wildman–Crippen LogP) is 1.65. The first kappa shape index (κ1) is 9.58. The lowest BCUT2D eigenvalue weighted by molar-refractivity contribution is -0.136. The molecule has 1 heterocycles. The van der Waals surface area contributed by atoms with Gasteiger partial charge >= 0.3 is 5.97 Å². The zero-order valence-electron chi connectivity index (χ0n) is 8.05. The zero-order valence-corrected chi connectivity index (χ0v) is 8.05. The highest BCUT2D eigenvalue weighted by Gasteiger charge is 2.04. The Balaban J connectivity index is 2.38. The molecule has 0 bridgehead atoms. The van der Waals surface area contributed by atoms with Crippen LogP contribution in [0.25, 0.3) is 11.0 Å². The van der Waals surface area contributed by atoms with E-state index in [1.807, 2.05) is 18.2 Å². The number of fused-ring (bicyclic) bond motifs is 1. The van der Waals surface area contributed by atoms with Crippen LogP contribution in [0.2, 0.25) is 0 Å². The van der Waals surface area contributed by atoms with Crippen LogP contribution in [0.4, 0.5) is 0 Å². The van der Waals surface area contributed by atoms with E-state index in [1.54, 1.807) is 12.4 Å². The summed E-state index contributed by atoms with van der Waals surface area (Å²) in [5.41, 5.74) is 2.53. The highest BCUT2D eigenvalue weighted by molar-refractivity contribution is 5.78. The Bertz CT molecular complexity index is 491. The fraction of sp³-hybridized carbons (Fsp3) is 0.182. The Morgan fingerprint density at radius 2 is 2.07 bits per heavy atom. The van der Waals surface area contributed by atoms with Gasteiger partial charge in [0, 0.05) is 18.8 Å². The first-order chi connectivity index (χ1) is 7.27. The summed E-state index contributed by atoms with van der Waals surface area (Å²) in [4.78, 5) is 18.8. The lowest BCUT2D eigenvalue weighted by atomic mass is 10.1. The van der Waals surface area contributed by atoms with E-state index in [1.165, 1.54) is 0 Å². The third kappa shape index (κ3) is 2.10. The minimum absolute atomic E-state index is 0.121. The summed E-state index contributed by atoms with van der Waals surface area (Å²) in [6.07, 6.45) is 3.86. The van der Waals surface area contributed by atoms with E-state index in [0.29, 0.717) is 6.42 Å². The molecular weight excluding hydrogens is 192 g/mol. The second-order valence-electron chi connectivity index (χ2n) is 3.23. The second-order valence-corrected chi connectivity index (χ2v) is 3.23. The molecule has 15 heavy (non-hydrogen) atoms. The van der Waals surface area contributed by atoms with Crippen molar-refractivity contribution < 1.29 is 9.90 Å². The van der Waals surface area contributed by atoms with Gasteiger partial charge in [-0.1, -0.05) is 12.1 Å². The molecule has 1 aromatic heterocycles. The Labute approximate surface area is 86.6 Å². The highest BCUT2D eigenvalue weighted by Crippen LogP contribution is 2.15. The lowest BCUT2D eigenvalue weighted by Gasteiger charge is -2.02. The fourth-order valence-corrected chi connectivity index (χ4v) is 1.50. The van der Waals surface area contributed by atoms with E-state index in [9.17, 15) is 4.79 Å². The van der Waals surface area contributed by atoms with Gasteiger partial charge in [-0.2, -0.15) is 0 Å². The van der Waals surface area contributed by atoms with Crippen molar-refractivity contribution >= 4 is 17.0 Å². The molecule has 2 aromatic rings. The number of benzene rings is 1. The molecule has 4 nitrogen and oxygen atoms in total. The largest absolute Gasteiger partial charge is 0.481 e. The van der Waals surface area contributed by atoms with Crippen molar-refractivity contribution in [2.75, 3.05) is 0 Å². The lowest BCUT2D eigenvalue weighted by Crippen LogP contribution is -1.98. The number of hydrogen-bond acceptors (Lipinski definition) is 3. The predicted molar refractivity (Wildman–Crippen MR) is 55.5 cm³/mol. The third-order valence-electron chi connectivity index (χ3n) is 2.19. The van der Waals surface area contributed by atoms with Crippen LogP contribution in [0.5, 0.6) is 0 Å². The van der Waals surface area contributed by atoms with Gasteiger partial charge in [-0.15, -0.1) is 0 Å². The molecule has 2 rings (SSSR count). The Morgan fingerprint density at radius 3 is 2.87 bits per heavy atom. The number of carboxylic acid groups (broad SMARTS) is 1. The molecule has 0 aliphatic heterocycles. The van der Waals surface area contributed by atoms with Gasteiger partial charge < -0.3 is 5.11 Å². The van der Waals surface area contributed by atoms with Crippen LogP contribution >= 0.6 is 0 Å². The molecule has 0 saturated carbocycles. The minimum atomic E-state index is -0.795. The van der Waals surface area contributed by atoms with E-state index in [0.717, 1.165) is 16.6 Å². The topological polar surface area (TPSA) is 63.1 Å². The van der Waals surface area contributed by atoms with Crippen LogP contribution in [0.15, 0.2) is 30.6 Å². The maximum absolute atomic E-state index is 10.5. The molecule has 0 unspecified atom stereocenters. The highest BCUT2D eigenvalue weighted by atomic mass is 16.4. The van der Waals surface area contributed by atoms with Crippen LogP contribution in [-0.2, 0) is 11.2 Å². The summed E-state index contributed by atoms with van der Waals surface area (Å²) in [6, 6.07) is 5.63. The first-order valence-electron chi connectivity index (χ1n) is 4.68. The summed E-state index contributed by atoms with van der Waals surface area (Å²) in [5.74, 6) is -0.795. The molecule has 0 spiro atoms. The van der Waals surface area contributed by atoms with Crippen LogP contribution in [-0.4, -0.2) is 21.0 Å². The number of rotatable bonds is 3. The van der Waals surface area contributed by atoms with Crippen molar-refractivity contribution in [3.63, 3.8) is 0 Å². The van der Waals surface area contributed by atoms with Crippen LogP contribution in [0, 0.1) is 0 Å². The van der Waals surface area contributed by atoms with Gasteiger partial charge in [0.1, 0.15) is 0 Å². The molecule has 0 fully saturated rings. The second kappa shape index (κ2) is 4.04. The van der Waals surface area contributed by atoms with E-state index < -0.39 is 5.97 Å². The molecule has 0 radical (unpaired) electrons. The van der Waals surface area contributed by atoms with Crippen LogP contribution < -0.4 is 0 Å². The summed E-state index contributed by atoms with van der Waals surface area (Å²) in [7, 11) is 0. The summed E-state index contributed by atoms with van der Waals surface area (Å²) in [5, 5.41) is 8.61. The van der Waals surface area contributed by atoms with Gasteiger partial charge in [0.15, 0.2) is 0 Å². The monoisotopic (exact) mass is 202 g/mol. The smallest absolute Gasteiger partial charge is 0.303 e. The average Bonchev–Trinajstić information content (AvgIpc) is 2.26. The summed E-state index contributed by atoms with van der Waals surface area (Å²) >= 11 is 0. The maximum Gasteiger partial charge on any atom is 0.303 e. The average molecular weight is 202 g/mol.